The second kappa shape index (κ2) is 10.7. The maximum atomic E-state index is 13.3. The molecule has 2 aromatic carbocycles. The number of carbonyl (C=O) groups excluding carboxylic acids is 1. The standard InChI is InChI=1S/C26H28N2O4S/c1-2-11-32-24-9-7-17(25-10-8-20(16-30)33-25)13-22(24)26(31)28-19(15-29)12-18-14-27-23-6-4-3-5-21(18)23/h3-10,13-14,19,27,29-30H,2,11-12,15-16H2,1H3,(H,28,31)/t19-/m1/s1. The second-order valence-corrected chi connectivity index (χ2v) is 9.07. The van der Waals surface area contributed by atoms with E-state index in [-0.39, 0.29) is 19.1 Å². The van der Waals surface area contributed by atoms with Crippen LogP contribution in [0.25, 0.3) is 21.3 Å². The van der Waals surface area contributed by atoms with E-state index < -0.39 is 6.04 Å². The highest BCUT2D eigenvalue weighted by Crippen LogP contribution is 2.32. The number of benzene rings is 2. The summed E-state index contributed by atoms with van der Waals surface area (Å²) in [6, 6.07) is 16.9. The molecule has 0 spiro atoms. The van der Waals surface area contributed by atoms with Crippen LogP contribution in [-0.2, 0) is 13.0 Å². The first-order valence-corrected chi connectivity index (χ1v) is 11.9. The van der Waals surface area contributed by atoms with Crippen molar-refractivity contribution in [3.05, 3.63) is 76.8 Å². The molecule has 0 radical (unpaired) electrons. The number of hydrogen-bond acceptors (Lipinski definition) is 5. The lowest BCUT2D eigenvalue weighted by Crippen LogP contribution is -2.39. The Morgan fingerprint density at radius 3 is 2.76 bits per heavy atom. The number of amides is 1. The molecule has 4 aromatic rings. The highest BCUT2D eigenvalue weighted by atomic mass is 32.1. The number of aliphatic hydroxyl groups is 2. The maximum absolute atomic E-state index is 13.3. The number of para-hydroxylation sites is 1. The molecule has 0 unspecified atom stereocenters. The van der Waals surface area contributed by atoms with Crippen LogP contribution in [0.2, 0.25) is 0 Å². The summed E-state index contributed by atoms with van der Waals surface area (Å²) >= 11 is 1.49. The summed E-state index contributed by atoms with van der Waals surface area (Å²) < 4.78 is 5.84. The molecule has 0 saturated heterocycles. The Morgan fingerprint density at radius 2 is 2.00 bits per heavy atom. The predicted octanol–water partition coefficient (Wildman–Crippen LogP) is 4.51. The fraction of sp³-hybridized carbons (Fsp3) is 0.269. The lowest BCUT2D eigenvalue weighted by atomic mass is 10.0. The molecular formula is C26H28N2O4S. The summed E-state index contributed by atoms with van der Waals surface area (Å²) in [6.07, 6.45) is 3.25. The van der Waals surface area contributed by atoms with Gasteiger partial charge in [0.2, 0.25) is 0 Å². The van der Waals surface area contributed by atoms with E-state index in [1.807, 2.05) is 67.7 Å². The van der Waals surface area contributed by atoms with Gasteiger partial charge in [-0.3, -0.25) is 4.79 Å². The van der Waals surface area contributed by atoms with Crippen LogP contribution in [0.4, 0.5) is 0 Å². The number of H-pyrrole nitrogens is 1. The summed E-state index contributed by atoms with van der Waals surface area (Å²) in [7, 11) is 0. The van der Waals surface area contributed by atoms with E-state index in [2.05, 4.69) is 10.3 Å². The minimum Gasteiger partial charge on any atom is -0.493 e. The summed E-state index contributed by atoms with van der Waals surface area (Å²) in [4.78, 5) is 18.4. The van der Waals surface area contributed by atoms with E-state index in [1.54, 1.807) is 0 Å². The molecule has 4 rings (SSSR count). The van der Waals surface area contributed by atoms with Gasteiger partial charge in [-0.25, -0.2) is 0 Å². The molecule has 0 bridgehead atoms. The Kier molecular flexibility index (Phi) is 7.44. The molecular weight excluding hydrogens is 436 g/mol. The topological polar surface area (TPSA) is 94.6 Å². The molecule has 0 saturated carbocycles. The van der Waals surface area contributed by atoms with Crippen molar-refractivity contribution in [3.8, 4) is 16.2 Å². The molecule has 172 valence electrons. The average Bonchev–Trinajstić information content (AvgIpc) is 3.49. The number of thiophene rings is 1. The Hall–Kier alpha value is -3.13. The number of fused-ring (bicyclic) bond motifs is 1. The van der Waals surface area contributed by atoms with Crippen LogP contribution < -0.4 is 10.1 Å². The lowest BCUT2D eigenvalue weighted by molar-refractivity contribution is 0.0912. The van der Waals surface area contributed by atoms with Crippen LogP contribution in [0.1, 0.15) is 34.1 Å². The molecule has 2 aromatic heterocycles. The number of rotatable bonds is 10. The number of hydrogen-bond donors (Lipinski definition) is 4. The van der Waals surface area contributed by atoms with E-state index in [0.717, 1.165) is 38.2 Å². The largest absolute Gasteiger partial charge is 0.493 e. The van der Waals surface area contributed by atoms with Gasteiger partial charge in [0.05, 0.1) is 31.4 Å². The number of ether oxygens (including phenoxy) is 1. The first-order valence-electron chi connectivity index (χ1n) is 11.1. The number of carbonyl (C=O) groups is 1. The van der Waals surface area contributed by atoms with Gasteiger partial charge in [0.25, 0.3) is 5.91 Å². The normalized spacial score (nSPS) is 12.1. The molecule has 0 fully saturated rings. The highest BCUT2D eigenvalue weighted by Gasteiger charge is 2.20. The molecule has 0 aliphatic rings. The first kappa shape index (κ1) is 23.0. The van der Waals surface area contributed by atoms with Gasteiger partial charge in [-0.2, -0.15) is 0 Å². The van der Waals surface area contributed by atoms with Crippen LogP contribution in [-0.4, -0.2) is 40.4 Å². The van der Waals surface area contributed by atoms with Gasteiger partial charge in [-0.05, 0) is 60.4 Å². The SMILES string of the molecule is CCCOc1ccc(-c2ccc(CO)s2)cc1C(=O)N[C@@H](CO)Cc1c[nH]c2ccccc12. The Bertz CT molecular complexity index is 1230. The van der Waals surface area contributed by atoms with Crippen molar-refractivity contribution in [1.82, 2.24) is 10.3 Å². The van der Waals surface area contributed by atoms with Gasteiger partial charge >= 0.3 is 0 Å². The lowest BCUT2D eigenvalue weighted by Gasteiger charge is -2.18. The molecule has 1 atom stereocenters. The fourth-order valence-corrected chi connectivity index (χ4v) is 4.67. The first-order chi connectivity index (χ1) is 16.1. The van der Waals surface area contributed by atoms with Crippen LogP contribution >= 0.6 is 11.3 Å². The minimum absolute atomic E-state index is 0.0122. The second-order valence-electron chi connectivity index (χ2n) is 7.90. The van der Waals surface area contributed by atoms with Crippen LogP contribution in [0.3, 0.4) is 0 Å². The summed E-state index contributed by atoms with van der Waals surface area (Å²) in [5.41, 5.74) is 3.37. The van der Waals surface area contributed by atoms with E-state index in [4.69, 9.17) is 4.74 Å². The van der Waals surface area contributed by atoms with Crippen LogP contribution in [0, 0.1) is 0 Å². The minimum atomic E-state index is -0.442. The maximum Gasteiger partial charge on any atom is 0.255 e. The van der Waals surface area contributed by atoms with Crippen molar-refractivity contribution in [2.45, 2.75) is 32.4 Å². The van der Waals surface area contributed by atoms with Crippen molar-refractivity contribution in [2.75, 3.05) is 13.2 Å². The zero-order chi connectivity index (χ0) is 23.2. The van der Waals surface area contributed by atoms with Crippen molar-refractivity contribution < 1.29 is 19.7 Å². The zero-order valence-corrected chi connectivity index (χ0v) is 19.3. The van der Waals surface area contributed by atoms with Crippen molar-refractivity contribution in [3.63, 3.8) is 0 Å². The van der Waals surface area contributed by atoms with Gasteiger partial charge < -0.3 is 25.3 Å². The Balaban J connectivity index is 1.58. The van der Waals surface area contributed by atoms with Gasteiger partial charge in [-0.1, -0.05) is 25.1 Å². The molecule has 1 amide bonds. The van der Waals surface area contributed by atoms with Crippen molar-refractivity contribution in [2.24, 2.45) is 0 Å². The average molecular weight is 465 g/mol. The van der Waals surface area contributed by atoms with Gasteiger partial charge in [-0.15, -0.1) is 11.3 Å². The van der Waals surface area contributed by atoms with E-state index in [9.17, 15) is 15.0 Å². The highest BCUT2D eigenvalue weighted by molar-refractivity contribution is 7.15. The molecule has 7 heteroatoms. The van der Waals surface area contributed by atoms with Gasteiger partial charge in [0.1, 0.15) is 5.75 Å². The number of aliphatic hydroxyl groups excluding tert-OH is 2. The quantitative estimate of drug-likeness (QED) is 0.278. The van der Waals surface area contributed by atoms with E-state index >= 15 is 0 Å². The van der Waals surface area contributed by atoms with Crippen molar-refractivity contribution in [1.29, 1.82) is 0 Å². The Morgan fingerprint density at radius 1 is 1.15 bits per heavy atom. The van der Waals surface area contributed by atoms with Gasteiger partial charge in [0, 0.05) is 26.9 Å². The molecule has 0 aliphatic heterocycles. The fourth-order valence-electron chi connectivity index (χ4n) is 3.81. The monoisotopic (exact) mass is 464 g/mol. The summed E-state index contributed by atoms with van der Waals surface area (Å²) in [6.45, 7) is 2.33. The van der Waals surface area contributed by atoms with Crippen molar-refractivity contribution >= 4 is 28.1 Å². The Labute approximate surface area is 196 Å². The predicted molar refractivity (Wildman–Crippen MR) is 132 cm³/mol. The summed E-state index contributed by atoms with van der Waals surface area (Å²) in [5.74, 6) is 0.224. The van der Waals surface area contributed by atoms with E-state index in [0.29, 0.717) is 24.3 Å². The molecule has 33 heavy (non-hydrogen) atoms. The van der Waals surface area contributed by atoms with Crippen LogP contribution in [0.15, 0.2) is 60.8 Å². The third-order valence-corrected chi connectivity index (χ3v) is 6.60. The van der Waals surface area contributed by atoms with E-state index in [1.165, 1.54) is 11.3 Å². The smallest absolute Gasteiger partial charge is 0.255 e. The molecule has 0 aliphatic carbocycles. The van der Waals surface area contributed by atoms with Gasteiger partial charge in [0.15, 0.2) is 0 Å². The molecule has 6 nitrogen and oxygen atoms in total. The molecule has 2 heterocycles. The number of aromatic nitrogens is 1. The zero-order valence-electron chi connectivity index (χ0n) is 18.5. The summed E-state index contributed by atoms with van der Waals surface area (Å²) in [5, 5.41) is 23.4. The van der Waals surface area contributed by atoms with Crippen LogP contribution in [0.5, 0.6) is 5.75 Å². The third-order valence-electron chi connectivity index (χ3n) is 5.48. The number of nitrogens with one attached hydrogen (secondary N) is 2. The number of aromatic amines is 1. The third kappa shape index (κ3) is 5.27. The molecule has 4 N–H and O–H groups in total.